The summed E-state index contributed by atoms with van der Waals surface area (Å²) < 4.78 is 0. The van der Waals surface area contributed by atoms with Gasteiger partial charge in [0, 0.05) is 12.8 Å². The summed E-state index contributed by atoms with van der Waals surface area (Å²) in [5, 5.41) is 16.1. The predicted molar refractivity (Wildman–Crippen MR) is 34.7 cm³/mol. The maximum Gasteiger partial charge on any atom is 0.0621 e. The molecule has 0 aromatic carbocycles. The van der Waals surface area contributed by atoms with Crippen LogP contribution in [-0.4, -0.2) is 0 Å². The van der Waals surface area contributed by atoms with Crippen LogP contribution < -0.4 is 6.15 Å². The van der Waals surface area contributed by atoms with Crippen molar-refractivity contribution in [1.82, 2.24) is 6.15 Å². The van der Waals surface area contributed by atoms with Crippen LogP contribution in [0.1, 0.15) is 25.7 Å². The second-order valence-electron chi connectivity index (χ2n) is 1.52. The molecule has 0 aliphatic rings. The van der Waals surface area contributed by atoms with Crippen LogP contribution in [0.4, 0.5) is 0 Å². The van der Waals surface area contributed by atoms with E-state index in [1.165, 1.54) is 0 Å². The lowest BCUT2D eigenvalue weighted by molar-refractivity contribution is 0.773. The maximum absolute atomic E-state index is 8.03. The monoisotopic (exact) mass is 125 g/mol. The van der Waals surface area contributed by atoms with Crippen LogP contribution in [0.2, 0.25) is 0 Å². The Labute approximate surface area is 55.5 Å². The standard InChI is InChI=1S/C6H8N2.H3N/c7-5-3-1-2-4-6-8;/h1-4H2;1H3. The largest absolute Gasteiger partial charge is 0.344 e. The molecule has 3 nitrogen and oxygen atoms in total. The first-order chi connectivity index (χ1) is 3.91. The Morgan fingerprint density at radius 3 is 1.44 bits per heavy atom. The first-order valence-electron chi connectivity index (χ1n) is 2.65. The molecular formula is C6H11N3. The third-order valence-electron chi connectivity index (χ3n) is 0.827. The molecule has 0 saturated heterocycles. The summed E-state index contributed by atoms with van der Waals surface area (Å²) in [4.78, 5) is 0. The Balaban J connectivity index is 0. The van der Waals surface area contributed by atoms with Crippen molar-refractivity contribution in [3.63, 3.8) is 0 Å². The van der Waals surface area contributed by atoms with E-state index in [4.69, 9.17) is 10.5 Å². The van der Waals surface area contributed by atoms with E-state index in [1.54, 1.807) is 0 Å². The van der Waals surface area contributed by atoms with Gasteiger partial charge in [0.1, 0.15) is 0 Å². The zero-order chi connectivity index (χ0) is 6.24. The molecule has 0 bridgehead atoms. The fraction of sp³-hybridized carbons (Fsp3) is 0.667. The smallest absolute Gasteiger partial charge is 0.0621 e. The topological polar surface area (TPSA) is 82.6 Å². The third-order valence-corrected chi connectivity index (χ3v) is 0.827. The quantitative estimate of drug-likeness (QED) is 0.583. The molecule has 50 valence electrons. The predicted octanol–water partition coefficient (Wildman–Crippen LogP) is 1.76. The molecule has 3 N–H and O–H groups in total. The SMILES string of the molecule is N.N#CCCCCC#N. The number of hydrogen-bond acceptors (Lipinski definition) is 3. The van der Waals surface area contributed by atoms with Crippen molar-refractivity contribution in [1.29, 1.82) is 10.5 Å². The molecule has 0 aliphatic carbocycles. The van der Waals surface area contributed by atoms with Crippen molar-refractivity contribution in [2.45, 2.75) is 25.7 Å². The normalized spacial score (nSPS) is 6.44. The molecule has 0 fully saturated rings. The van der Waals surface area contributed by atoms with E-state index in [-0.39, 0.29) is 6.15 Å². The lowest BCUT2D eigenvalue weighted by atomic mass is 10.2. The summed E-state index contributed by atoms with van der Waals surface area (Å²) in [7, 11) is 0. The minimum Gasteiger partial charge on any atom is -0.344 e. The number of hydrogen-bond donors (Lipinski definition) is 1. The molecule has 0 aromatic rings. The fourth-order valence-corrected chi connectivity index (χ4v) is 0.408. The Morgan fingerprint density at radius 2 is 1.22 bits per heavy atom. The van der Waals surface area contributed by atoms with Crippen LogP contribution in [0.3, 0.4) is 0 Å². The summed E-state index contributed by atoms with van der Waals surface area (Å²) in [6.45, 7) is 0. The highest BCUT2D eigenvalue weighted by atomic mass is 14.2. The van der Waals surface area contributed by atoms with E-state index in [9.17, 15) is 0 Å². The number of unbranched alkanes of at least 4 members (excludes halogenated alkanes) is 3. The van der Waals surface area contributed by atoms with Crippen molar-refractivity contribution in [2.24, 2.45) is 0 Å². The number of nitrogens with zero attached hydrogens (tertiary/aromatic N) is 2. The molecule has 0 unspecified atom stereocenters. The van der Waals surface area contributed by atoms with E-state index in [1.807, 2.05) is 12.1 Å². The van der Waals surface area contributed by atoms with Gasteiger partial charge in [0.2, 0.25) is 0 Å². The van der Waals surface area contributed by atoms with Crippen molar-refractivity contribution < 1.29 is 0 Å². The van der Waals surface area contributed by atoms with Gasteiger partial charge in [-0.25, -0.2) is 0 Å². The van der Waals surface area contributed by atoms with Gasteiger partial charge in [-0.3, -0.25) is 0 Å². The third kappa shape index (κ3) is 10.9. The Hall–Kier alpha value is -1.06. The molecule has 0 spiro atoms. The maximum atomic E-state index is 8.03. The molecule has 0 heterocycles. The Morgan fingerprint density at radius 1 is 0.889 bits per heavy atom. The number of nitriles is 2. The van der Waals surface area contributed by atoms with Crippen molar-refractivity contribution in [2.75, 3.05) is 0 Å². The highest BCUT2D eigenvalue weighted by Gasteiger charge is 1.83. The van der Waals surface area contributed by atoms with E-state index >= 15 is 0 Å². The van der Waals surface area contributed by atoms with Crippen molar-refractivity contribution in [3.05, 3.63) is 0 Å². The Kier molecular flexibility index (Phi) is 12.1. The van der Waals surface area contributed by atoms with E-state index in [0.717, 1.165) is 12.8 Å². The molecule has 0 aliphatic heterocycles. The molecule has 0 amide bonds. The van der Waals surface area contributed by atoms with E-state index < -0.39 is 0 Å². The molecule has 0 aromatic heterocycles. The molecule has 9 heavy (non-hydrogen) atoms. The second-order valence-corrected chi connectivity index (χ2v) is 1.52. The van der Waals surface area contributed by atoms with E-state index in [0.29, 0.717) is 12.8 Å². The van der Waals surface area contributed by atoms with Crippen molar-refractivity contribution >= 4 is 0 Å². The van der Waals surface area contributed by atoms with Crippen LogP contribution in [0.25, 0.3) is 0 Å². The summed E-state index contributed by atoms with van der Waals surface area (Å²) in [5.41, 5.74) is 0. The van der Waals surface area contributed by atoms with Crippen LogP contribution in [-0.2, 0) is 0 Å². The van der Waals surface area contributed by atoms with E-state index in [2.05, 4.69) is 0 Å². The molecule has 0 radical (unpaired) electrons. The summed E-state index contributed by atoms with van der Waals surface area (Å²) >= 11 is 0. The van der Waals surface area contributed by atoms with Gasteiger partial charge < -0.3 is 6.15 Å². The first-order valence-corrected chi connectivity index (χ1v) is 2.65. The first kappa shape index (κ1) is 10.8. The lowest BCUT2D eigenvalue weighted by Crippen LogP contribution is -1.70. The van der Waals surface area contributed by atoms with Gasteiger partial charge in [-0.15, -0.1) is 0 Å². The zero-order valence-electron chi connectivity index (χ0n) is 5.43. The number of rotatable bonds is 3. The van der Waals surface area contributed by atoms with Gasteiger partial charge in [-0.2, -0.15) is 10.5 Å². The molecule has 3 heteroatoms. The van der Waals surface area contributed by atoms with Crippen LogP contribution in [0, 0.1) is 22.7 Å². The lowest BCUT2D eigenvalue weighted by Gasteiger charge is -1.83. The van der Waals surface area contributed by atoms with Crippen LogP contribution >= 0.6 is 0 Å². The fourth-order valence-electron chi connectivity index (χ4n) is 0.408. The highest BCUT2D eigenvalue weighted by molar-refractivity contribution is 4.72. The molecule has 0 rings (SSSR count). The van der Waals surface area contributed by atoms with Gasteiger partial charge in [0.15, 0.2) is 0 Å². The second kappa shape index (κ2) is 10.0. The van der Waals surface area contributed by atoms with Gasteiger partial charge in [0.05, 0.1) is 12.1 Å². The molecular weight excluding hydrogens is 114 g/mol. The average molecular weight is 125 g/mol. The van der Waals surface area contributed by atoms with Crippen molar-refractivity contribution in [3.8, 4) is 12.1 Å². The van der Waals surface area contributed by atoms with Crippen LogP contribution in [0.5, 0.6) is 0 Å². The minimum absolute atomic E-state index is 0. The zero-order valence-corrected chi connectivity index (χ0v) is 5.43. The van der Waals surface area contributed by atoms with Gasteiger partial charge in [-0.1, -0.05) is 0 Å². The summed E-state index contributed by atoms with van der Waals surface area (Å²) in [6, 6.07) is 4.03. The van der Waals surface area contributed by atoms with Crippen LogP contribution in [0.15, 0.2) is 0 Å². The minimum atomic E-state index is 0. The molecule has 0 saturated carbocycles. The summed E-state index contributed by atoms with van der Waals surface area (Å²) in [6.07, 6.45) is 2.90. The van der Waals surface area contributed by atoms with Gasteiger partial charge >= 0.3 is 0 Å². The highest BCUT2D eigenvalue weighted by Crippen LogP contribution is 1.95. The van der Waals surface area contributed by atoms with Gasteiger partial charge in [0.25, 0.3) is 0 Å². The Bertz CT molecular complexity index is 101. The molecule has 0 atom stereocenters. The summed E-state index contributed by atoms with van der Waals surface area (Å²) in [5.74, 6) is 0. The van der Waals surface area contributed by atoms with Gasteiger partial charge in [-0.05, 0) is 12.8 Å². The average Bonchev–Trinajstić information content (AvgIpc) is 1.81.